The van der Waals surface area contributed by atoms with Gasteiger partial charge in [0.05, 0.1) is 68.3 Å². The van der Waals surface area contributed by atoms with Crippen molar-refractivity contribution in [2.75, 3.05) is 88.0 Å². The molecule has 8 N–H and O–H groups in total. The molecule has 4 amide bonds. The van der Waals surface area contributed by atoms with Gasteiger partial charge in [-0.25, -0.2) is 28.6 Å². The maximum absolute atomic E-state index is 14.3. The van der Waals surface area contributed by atoms with Crippen molar-refractivity contribution in [2.45, 2.75) is 80.5 Å². The molecule has 4 aromatic heterocycles. The second-order valence-electron chi connectivity index (χ2n) is 19.1. The van der Waals surface area contributed by atoms with Gasteiger partial charge in [-0.1, -0.05) is 46.9 Å². The van der Waals surface area contributed by atoms with Crippen LogP contribution in [0.4, 0.5) is 38.4 Å². The summed E-state index contributed by atoms with van der Waals surface area (Å²) < 4.78 is 74.5. The minimum Gasteiger partial charge on any atom is -0.489 e. The van der Waals surface area contributed by atoms with E-state index in [0.717, 1.165) is 54.2 Å². The lowest BCUT2D eigenvalue weighted by atomic mass is 10.1. The number of amides is 4. The number of pyridine rings is 1. The quantitative estimate of drug-likeness (QED) is 0.0197. The lowest BCUT2D eigenvalue weighted by Crippen LogP contribution is -2.47. The van der Waals surface area contributed by atoms with E-state index in [1.807, 2.05) is 52.0 Å². The molecule has 6 aromatic rings. The minimum atomic E-state index is -4.46. The standard InChI is InChI=1S/C15H15ClFN3O3S2.C15H18N6O6S.C11H11Cl2NO2.C8H14ClN5.C3H8NO5P/c1-23-13(21)8-24-12-7-11(10(17)6-9(12)16)18-14-19-4-2-3-5-20(19)15(22)25-14;1-21(2)13(22)9-6-5-7-16-12(9)28(24,25)20-15(23)19-14-17-10(26-3)8-11(18-14)27-4;1-7-6-16-9-5-3-2-4-8(9)14(7)11(15)10(12)13;1-4-10-7-12-6(9)13-8(14-7)11-5(2)3;5-3(6)1-4-2-10(7,8)9/h6-7H,2-5,8H2,1H3;5-8H,1-4H3,(H2,17,18,19,20,23);2-5,7,10H,6H2,1H3;5H,4H2,1-3H3,(H2,10,11,12,13,14);4H,1-2H2,(H,5,6)(H2,7,8,9). The number of nitrogens with zero attached hydrogens (tertiary/aromatic N) is 11. The molecule has 2 aliphatic heterocycles. The fourth-order valence-corrected chi connectivity index (χ4v) is 11.2. The molecule has 0 spiro atoms. The van der Waals surface area contributed by atoms with Gasteiger partial charge in [0.1, 0.15) is 23.9 Å². The minimum absolute atomic E-state index is 0.0605. The molecule has 0 fully saturated rings. The molecular formula is C52H66Cl4FN16O16PS3. The Balaban J connectivity index is 0.000000259. The van der Waals surface area contributed by atoms with Crippen LogP contribution in [0.15, 0.2) is 80.5 Å². The molecule has 1 unspecified atom stereocenters. The summed E-state index contributed by atoms with van der Waals surface area (Å²) in [6, 6.07) is 13.1. The van der Waals surface area contributed by atoms with Gasteiger partial charge >= 0.3 is 30.4 Å². The molecular weight excluding hydrogens is 1390 g/mol. The van der Waals surface area contributed by atoms with E-state index in [4.69, 9.17) is 75.5 Å². The van der Waals surface area contributed by atoms with Gasteiger partial charge in [-0.05, 0) is 99.9 Å². The highest BCUT2D eigenvalue weighted by Crippen LogP contribution is 2.36. The van der Waals surface area contributed by atoms with Gasteiger partial charge in [0.15, 0.2) is 9.86 Å². The largest absolute Gasteiger partial charge is 0.489 e. The number of hydrogen-bond acceptors (Lipinski definition) is 25. The first-order valence-corrected chi connectivity index (χ1v) is 33.8. The van der Waals surface area contributed by atoms with Crippen molar-refractivity contribution in [3.63, 3.8) is 0 Å². The van der Waals surface area contributed by atoms with Crippen molar-refractivity contribution >= 4 is 146 Å². The number of rotatable bonds is 19. The van der Waals surface area contributed by atoms with Crippen LogP contribution in [0.5, 0.6) is 17.5 Å². The third kappa shape index (κ3) is 25.4. The molecule has 0 bridgehead atoms. The molecule has 6 heterocycles. The average molecular weight is 1460 g/mol. The highest BCUT2D eigenvalue weighted by atomic mass is 35.5. The van der Waals surface area contributed by atoms with Crippen LogP contribution in [0.3, 0.4) is 0 Å². The van der Waals surface area contributed by atoms with Gasteiger partial charge in [-0.15, -0.1) is 11.8 Å². The Morgan fingerprint density at radius 3 is 2.17 bits per heavy atom. The van der Waals surface area contributed by atoms with E-state index in [2.05, 4.69) is 60.9 Å². The fraction of sp³-hybridized carbons (Fsp3) is 0.404. The van der Waals surface area contributed by atoms with E-state index in [0.29, 0.717) is 47.0 Å². The van der Waals surface area contributed by atoms with E-state index in [1.165, 1.54) is 70.8 Å². The van der Waals surface area contributed by atoms with Gasteiger partial charge in [-0.3, -0.25) is 43.9 Å². The number of methoxy groups -OCH3 is 3. The first kappa shape index (κ1) is 77.9. The van der Waals surface area contributed by atoms with Crippen LogP contribution < -0.4 is 54.8 Å². The Kier molecular flexibility index (Phi) is 31.3. The Bertz CT molecular complexity index is 3850. The number of hydrogen-bond donors (Lipinski definition) is 8. The Morgan fingerprint density at radius 2 is 1.58 bits per heavy atom. The van der Waals surface area contributed by atoms with E-state index in [9.17, 15) is 46.1 Å². The Morgan fingerprint density at radius 1 is 0.935 bits per heavy atom. The molecule has 0 saturated heterocycles. The number of carbonyl (C=O) groups is 5. The molecule has 32 nitrogen and oxygen atoms in total. The third-order valence-corrected chi connectivity index (χ3v) is 16.1. The number of benzene rings is 2. The van der Waals surface area contributed by atoms with Crippen LogP contribution in [-0.4, -0.2) is 181 Å². The zero-order valence-electron chi connectivity index (χ0n) is 51.0. The van der Waals surface area contributed by atoms with Crippen molar-refractivity contribution in [3.05, 3.63) is 96.9 Å². The molecule has 2 aliphatic rings. The number of carboxylic acids is 1. The van der Waals surface area contributed by atoms with Gasteiger partial charge < -0.3 is 54.3 Å². The summed E-state index contributed by atoms with van der Waals surface area (Å²) in [7, 11) is -1.65. The van der Waals surface area contributed by atoms with Gasteiger partial charge in [0.25, 0.3) is 21.8 Å². The van der Waals surface area contributed by atoms with E-state index in [1.54, 1.807) is 19.0 Å². The van der Waals surface area contributed by atoms with Crippen LogP contribution in [0.2, 0.25) is 10.3 Å². The highest BCUT2D eigenvalue weighted by Gasteiger charge is 2.32. The number of para-hydroxylation sites is 2. The van der Waals surface area contributed by atoms with Gasteiger partial charge in [0, 0.05) is 50.9 Å². The highest BCUT2D eigenvalue weighted by molar-refractivity contribution is 8.00. The summed E-state index contributed by atoms with van der Waals surface area (Å²) >= 11 is 25.2. The van der Waals surface area contributed by atoms with Crippen molar-refractivity contribution in [1.82, 2.24) is 54.2 Å². The number of aromatic nitrogens is 8. The number of carboxylic acid groups (broad SMARTS) is 1. The number of halogens is 5. The monoisotopic (exact) mass is 1460 g/mol. The molecule has 0 aliphatic carbocycles. The maximum Gasteiger partial charge on any atom is 0.339 e. The number of ether oxygens (including phenoxy) is 4. The number of urea groups is 1. The smallest absolute Gasteiger partial charge is 0.339 e. The Hall–Kier alpha value is -7.51. The summed E-state index contributed by atoms with van der Waals surface area (Å²) in [5.74, 6) is -1.37. The van der Waals surface area contributed by atoms with E-state index in [-0.39, 0.29) is 67.9 Å². The summed E-state index contributed by atoms with van der Waals surface area (Å²) in [5, 5.41) is 18.0. The predicted octanol–water partition coefficient (Wildman–Crippen LogP) is 6.07. The molecule has 2 aromatic carbocycles. The number of anilines is 4. The summed E-state index contributed by atoms with van der Waals surface area (Å²) in [4.78, 5) is 116. The molecule has 8 rings (SSSR count). The number of fused-ring (bicyclic) bond motifs is 2. The molecule has 0 saturated carbocycles. The first-order chi connectivity index (χ1) is 43.8. The summed E-state index contributed by atoms with van der Waals surface area (Å²) in [6.45, 7) is 9.95. The van der Waals surface area contributed by atoms with Gasteiger partial charge in [0.2, 0.25) is 39.7 Å². The zero-order valence-corrected chi connectivity index (χ0v) is 57.4. The number of thioether (sulfide) groups is 1. The first-order valence-electron chi connectivity index (χ1n) is 27.0. The van der Waals surface area contributed by atoms with Crippen LogP contribution >= 0.6 is 77.1 Å². The lowest BCUT2D eigenvalue weighted by molar-refractivity contribution is -0.137. The van der Waals surface area contributed by atoms with Crippen molar-refractivity contribution in [3.8, 4) is 17.5 Å². The summed E-state index contributed by atoms with van der Waals surface area (Å²) in [6.07, 6.45) is 2.49. The number of aliphatic carboxylic acids is 1. The zero-order chi connectivity index (χ0) is 69.3. The number of nitrogens with one attached hydrogen (secondary N) is 5. The van der Waals surface area contributed by atoms with Crippen molar-refractivity contribution in [1.29, 1.82) is 0 Å². The number of alkyl halides is 2. The topological polar surface area (TPSA) is 417 Å². The third-order valence-electron chi connectivity index (χ3n) is 11.3. The van der Waals surface area contributed by atoms with Gasteiger partial charge in [-0.2, -0.15) is 33.3 Å². The number of sulfonamides is 1. The van der Waals surface area contributed by atoms with E-state index >= 15 is 0 Å². The van der Waals surface area contributed by atoms with Crippen molar-refractivity contribution < 1.29 is 75.2 Å². The lowest BCUT2D eigenvalue weighted by Gasteiger charge is -2.35. The fourth-order valence-electron chi connectivity index (χ4n) is 7.37. The molecule has 41 heteroatoms. The summed E-state index contributed by atoms with van der Waals surface area (Å²) in [5.41, 5.74) is 0.615. The predicted molar refractivity (Wildman–Crippen MR) is 347 cm³/mol. The SMILES string of the molecule is CC1COc2ccccc2N1C(=O)C(Cl)Cl.CCNc1nc(Cl)nc(NC(C)C)n1.COC(=O)CSc1cc(N=c2sc(=O)n3n2CCCC3)c(F)cc1Cl.COc1cc(OC)nc(NC(=O)NS(=O)(=O)c2ncccc2C(=O)N(C)C)n1.O=C(O)CNCP(=O)(O)O. The molecule has 508 valence electrons. The Labute approximate surface area is 560 Å². The van der Waals surface area contributed by atoms with Crippen LogP contribution in [0.25, 0.3) is 0 Å². The average Bonchev–Trinajstić information content (AvgIpc) is 1.77. The number of carbonyl (C=O) groups excluding carboxylic acids is 4. The van der Waals surface area contributed by atoms with Crippen LogP contribution in [-0.2, 0) is 46.8 Å². The normalized spacial score (nSPS) is 13.2. The second kappa shape index (κ2) is 37.4. The molecule has 93 heavy (non-hydrogen) atoms. The van der Waals surface area contributed by atoms with E-state index < -0.39 is 70.0 Å². The number of esters is 1. The molecule has 0 radical (unpaired) electrons. The maximum atomic E-state index is 14.3. The van der Waals surface area contributed by atoms with Crippen LogP contribution in [0, 0.1) is 5.82 Å². The second-order valence-corrected chi connectivity index (χ2v) is 26.1. The molecule has 1 atom stereocenters. The van der Waals surface area contributed by atoms with Crippen molar-refractivity contribution in [2.24, 2.45) is 4.99 Å². The van der Waals surface area contributed by atoms with Crippen LogP contribution in [0.1, 0.15) is 50.9 Å².